The van der Waals surface area contributed by atoms with E-state index in [1.807, 2.05) is 30.3 Å². The first-order valence-corrected chi connectivity index (χ1v) is 7.26. The molecule has 2 aromatic heterocycles. The summed E-state index contributed by atoms with van der Waals surface area (Å²) in [6, 6.07) is 9.38. The van der Waals surface area contributed by atoms with Crippen molar-refractivity contribution >= 4 is 5.91 Å². The Morgan fingerprint density at radius 3 is 2.64 bits per heavy atom. The number of ether oxygens (including phenoxy) is 1. The van der Waals surface area contributed by atoms with Crippen LogP contribution in [0, 0.1) is 0 Å². The molecule has 0 fully saturated rings. The third kappa shape index (κ3) is 4.36. The SMILES string of the molecule is COC[C@@H](c1ccccn1)N(C)C(=O)CCc1ccncc1. The molecule has 5 heteroatoms. The molecule has 0 saturated heterocycles. The highest BCUT2D eigenvalue weighted by molar-refractivity contribution is 5.76. The minimum absolute atomic E-state index is 0.0736. The maximum Gasteiger partial charge on any atom is 0.223 e. The van der Waals surface area contributed by atoms with Gasteiger partial charge in [0.15, 0.2) is 0 Å². The van der Waals surface area contributed by atoms with Crippen molar-refractivity contribution in [3.63, 3.8) is 0 Å². The molecule has 0 aliphatic rings. The van der Waals surface area contributed by atoms with Gasteiger partial charge in [-0.1, -0.05) is 6.07 Å². The first-order valence-electron chi connectivity index (χ1n) is 7.26. The Balaban J connectivity index is 2.00. The molecule has 0 radical (unpaired) electrons. The number of hydrogen-bond donors (Lipinski definition) is 0. The van der Waals surface area contributed by atoms with E-state index in [2.05, 4.69) is 9.97 Å². The summed E-state index contributed by atoms with van der Waals surface area (Å²) in [5, 5.41) is 0. The van der Waals surface area contributed by atoms with Crippen molar-refractivity contribution in [3.05, 3.63) is 60.2 Å². The lowest BCUT2D eigenvalue weighted by Crippen LogP contribution is -2.34. The first kappa shape index (κ1) is 16.1. The number of nitrogens with zero attached hydrogens (tertiary/aromatic N) is 3. The van der Waals surface area contributed by atoms with Crippen molar-refractivity contribution in [1.82, 2.24) is 14.9 Å². The highest BCUT2D eigenvalue weighted by Gasteiger charge is 2.22. The Morgan fingerprint density at radius 1 is 1.23 bits per heavy atom. The summed E-state index contributed by atoms with van der Waals surface area (Å²) in [5.41, 5.74) is 1.95. The lowest BCUT2D eigenvalue weighted by Gasteiger charge is -2.27. The summed E-state index contributed by atoms with van der Waals surface area (Å²) in [5.74, 6) is 0.0736. The predicted molar refractivity (Wildman–Crippen MR) is 84.2 cm³/mol. The molecule has 22 heavy (non-hydrogen) atoms. The largest absolute Gasteiger partial charge is 0.382 e. The van der Waals surface area contributed by atoms with Gasteiger partial charge in [-0.25, -0.2) is 0 Å². The van der Waals surface area contributed by atoms with Crippen LogP contribution in [-0.4, -0.2) is 41.5 Å². The molecule has 1 atom stereocenters. The molecule has 0 aliphatic carbocycles. The van der Waals surface area contributed by atoms with Crippen molar-refractivity contribution in [2.45, 2.75) is 18.9 Å². The smallest absolute Gasteiger partial charge is 0.223 e. The van der Waals surface area contributed by atoms with E-state index in [0.717, 1.165) is 11.3 Å². The molecule has 116 valence electrons. The summed E-state index contributed by atoms with van der Waals surface area (Å²) in [6.07, 6.45) is 6.37. The van der Waals surface area contributed by atoms with Crippen LogP contribution in [-0.2, 0) is 16.0 Å². The lowest BCUT2D eigenvalue weighted by atomic mass is 10.1. The number of pyridine rings is 2. The summed E-state index contributed by atoms with van der Waals surface area (Å²) in [6.45, 7) is 0.425. The minimum Gasteiger partial charge on any atom is -0.382 e. The van der Waals surface area contributed by atoms with E-state index in [0.29, 0.717) is 19.4 Å². The number of aromatic nitrogens is 2. The molecule has 2 aromatic rings. The monoisotopic (exact) mass is 299 g/mol. The van der Waals surface area contributed by atoms with Crippen molar-refractivity contribution in [2.24, 2.45) is 0 Å². The van der Waals surface area contributed by atoms with Gasteiger partial charge < -0.3 is 9.64 Å². The molecule has 2 rings (SSSR count). The summed E-state index contributed by atoms with van der Waals surface area (Å²) >= 11 is 0. The molecule has 5 nitrogen and oxygen atoms in total. The molecular weight excluding hydrogens is 278 g/mol. The second kappa shape index (κ2) is 8.24. The predicted octanol–water partition coefficient (Wildman–Crippen LogP) is 2.26. The Hall–Kier alpha value is -2.27. The standard InChI is InChI=1S/C17H21N3O2/c1-20(16(13-22-2)15-5-3-4-10-19-15)17(21)7-6-14-8-11-18-12-9-14/h3-5,8-12,16H,6-7,13H2,1-2H3/t16-/m0/s1. The number of amides is 1. The van der Waals surface area contributed by atoms with Gasteiger partial charge in [-0.15, -0.1) is 0 Å². The van der Waals surface area contributed by atoms with Crippen molar-refractivity contribution in [1.29, 1.82) is 0 Å². The second-order valence-corrected chi connectivity index (χ2v) is 5.09. The van der Waals surface area contributed by atoms with Gasteiger partial charge in [0.2, 0.25) is 5.91 Å². The van der Waals surface area contributed by atoms with Gasteiger partial charge in [-0.2, -0.15) is 0 Å². The molecule has 0 spiro atoms. The average molecular weight is 299 g/mol. The molecule has 1 amide bonds. The van der Waals surface area contributed by atoms with Gasteiger partial charge in [-0.05, 0) is 36.2 Å². The third-order valence-electron chi connectivity index (χ3n) is 3.59. The van der Waals surface area contributed by atoms with Gasteiger partial charge >= 0.3 is 0 Å². The van der Waals surface area contributed by atoms with Gasteiger partial charge in [0.05, 0.1) is 18.3 Å². The summed E-state index contributed by atoms with van der Waals surface area (Å²) < 4.78 is 5.25. The highest BCUT2D eigenvalue weighted by Crippen LogP contribution is 2.18. The fourth-order valence-electron chi connectivity index (χ4n) is 2.28. The normalized spacial score (nSPS) is 11.9. The number of hydrogen-bond acceptors (Lipinski definition) is 4. The first-order chi connectivity index (χ1) is 10.7. The van der Waals surface area contributed by atoms with E-state index in [9.17, 15) is 4.79 Å². The molecule has 0 unspecified atom stereocenters. The Labute approximate surface area is 131 Å². The fraction of sp³-hybridized carbons (Fsp3) is 0.353. The van der Waals surface area contributed by atoms with Crippen LogP contribution < -0.4 is 0 Å². The number of aryl methyl sites for hydroxylation is 1. The Kier molecular flexibility index (Phi) is 6.03. The topological polar surface area (TPSA) is 55.3 Å². The zero-order valence-corrected chi connectivity index (χ0v) is 13.0. The molecule has 0 bridgehead atoms. The van der Waals surface area contributed by atoms with Gasteiger partial charge in [0.25, 0.3) is 0 Å². The quantitative estimate of drug-likeness (QED) is 0.787. The van der Waals surface area contributed by atoms with E-state index in [4.69, 9.17) is 4.74 Å². The van der Waals surface area contributed by atoms with Crippen LogP contribution in [0.5, 0.6) is 0 Å². The van der Waals surface area contributed by atoms with E-state index in [-0.39, 0.29) is 11.9 Å². The van der Waals surface area contributed by atoms with E-state index < -0.39 is 0 Å². The Morgan fingerprint density at radius 2 is 2.00 bits per heavy atom. The molecule has 2 heterocycles. The number of likely N-dealkylation sites (N-methyl/N-ethyl adjacent to an activating group) is 1. The second-order valence-electron chi connectivity index (χ2n) is 5.09. The van der Waals surface area contributed by atoms with Crippen molar-refractivity contribution in [2.75, 3.05) is 20.8 Å². The number of methoxy groups -OCH3 is 1. The van der Waals surface area contributed by atoms with Crippen LogP contribution in [0.3, 0.4) is 0 Å². The van der Waals surface area contributed by atoms with Crippen LogP contribution in [0.4, 0.5) is 0 Å². The maximum absolute atomic E-state index is 12.4. The number of carbonyl (C=O) groups is 1. The Bertz CT molecular complexity index is 575. The summed E-state index contributed by atoms with van der Waals surface area (Å²) in [4.78, 5) is 22.5. The maximum atomic E-state index is 12.4. The van der Waals surface area contributed by atoms with Gasteiger partial charge in [0.1, 0.15) is 0 Å². The third-order valence-corrected chi connectivity index (χ3v) is 3.59. The zero-order chi connectivity index (χ0) is 15.8. The number of carbonyl (C=O) groups excluding carboxylic acids is 1. The van der Waals surface area contributed by atoms with Crippen molar-refractivity contribution in [3.8, 4) is 0 Å². The van der Waals surface area contributed by atoms with Crippen LogP contribution in [0.2, 0.25) is 0 Å². The fourth-order valence-corrected chi connectivity index (χ4v) is 2.28. The molecule has 0 saturated carbocycles. The van der Waals surface area contributed by atoms with E-state index in [1.165, 1.54) is 0 Å². The highest BCUT2D eigenvalue weighted by atomic mass is 16.5. The molecule has 0 aromatic carbocycles. The van der Waals surface area contributed by atoms with Crippen LogP contribution in [0.1, 0.15) is 23.7 Å². The van der Waals surface area contributed by atoms with Crippen LogP contribution >= 0.6 is 0 Å². The average Bonchev–Trinajstić information content (AvgIpc) is 2.58. The molecular formula is C17H21N3O2. The van der Waals surface area contributed by atoms with E-state index in [1.54, 1.807) is 37.6 Å². The summed E-state index contributed by atoms with van der Waals surface area (Å²) in [7, 11) is 3.43. The lowest BCUT2D eigenvalue weighted by molar-refractivity contribution is -0.133. The van der Waals surface area contributed by atoms with Crippen LogP contribution in [0.15, 0.2) is 48.9 Å². The van der Waals surface area contributed by atoms with Crippen molar-refractivity contribution < 1.29 is 9.53 Å². The molecule has 0 N–H and O–H groups in total. The van der Waals surface area contributed by atoms with Gasteiger partial charge in [-0.3, -0.25) is 14.8 Å². The van der Waals surface area contributed by atoms with Crippen LogP contribution in [0.25, 0.3) is 0 Å². The minimum atomic E-state index is -0.170. The van der Waals surface area contributed by atoms with Gasteiger partial charge in [0, 0.05) is 39.2 Å². The zero-order valence-electron chi connectivity index (χ0n) is 13.0. The van der Waals surface area contributed by atoms with E-state index >= 15 is 0 Å². The molecule has 0 aliphatic heterocycles. The number of rotatable bonds is 7.